The summed E-state index contributed by atoms with van der Waals surface area (Å²) in [5.74, 6) is -0.0324. The van der Waals surface area contributed by atoms with Crippen molar-refractivity contribution >= 4 is 28.7 Å². The molecular weight excluding hydrogens is 348 g/mol. The number of aromatic nitrogens is 3. The largest absolute Gasteiger partial charge is 0.433 e. The first-order chi connectivity index (χ1) is 13.1. The van der Waals surface area contributed by atoms with E-state index in [-0.39, 0.29) is 5.88 Å². The van der Waals surface area contributed by atoms with Crippen LogP contribution in [0, 0.1) is 10.1 Å². The Morgan fingerprint density at radius 1 is 1.30 bits per heavy atom. The molecule has 9 heteroatoms. The van der Waals surface area contributed by atoms with Gasteiger partial charge in [0, 0.05) is 24.2 Å². The second-order valence-corrected chi connectivity index (χ2v) is 5.79. The molecule has 1 aromatic carbocycles. The topological polar surface area (TPSA) is 111 Å². The number of rotatable bonds is 5. The lowest BCUT2D eigenvalue weighted by molar-refractivity contribution is -0.401. The van der Waals surface area contributed by atoms with Crippen LogP contribution in [0.25, 0.3) is 22.4 Å². The number of pyridine rings is 1. The molecule has 0 fully saturated rings. The van der Waals surface area contributed by atoms with Crippen molar-refractivity contribution in [1.82, 2.24) is 14.8 Å². The number of furan rings is 1. The van der Waals surface area contributed by atoms with Gasteiger partial charge in [-0.25, -0.2) is 0 Å². The lowest BCUT2D eigenvalue weighted by Gasteiger charge is -2.01. The average Bonchev–Trinajstić information content (AvgIpc) is 3.28. The zero-order valence-electron chi connectivity index (χ0n) is 14.2. The zero-order chi connectivity index (χ0) is 18.8. The van der Waals surface area contributed by atoms with Crippen molar-refractivity contribution in [3.8, 4) is 11.5 Å². The summed E-state index contributed by atoms with van der Waals surface area (Å²) in [6.07, 6.45) is 5.01. The maximum Gasteiger partial charge on any atom is 0.433 e. The van der Waals surface area contributed by atoms with E-state index in [0.29, 0.717) is 17.0 Å². The van der Waals surface area contributed by atoms with Crippen molar-refractivity contribution in [2.45, 2.75) is 0 Å². The molecule has 1 N–H and O–H groups in total. The Hall–Kier alpha value is -4.01. The molecule has 0 aliphatic carbocycles. The Balaban J connectivity index is 1.57. The van der Waals surface area contributed by atoms with Crippen LogP contribution in [0.4, 0.5) is 11.6 Å². The lowest BCUT2D eigenvalue weighted by atomic mass is 10.2. The van der Waals surface area contributed by atoms with E-state index >= 15 is 0 Å². The number of aryl methyl sites for hydroxylation is 1. The van der Waals surface area contributed by atoms with Gasteiger partial charge in [-0.1, -0.05) is 18.2 Å². The highest BCUT2D eigenvalue weighted by molar-refractivity contribution is 5.88. The van der Waals surface area contributed by atoms with Gasteiger partial charge < -0.3 is 4.42 Å². The van der Waals surface area contributed by atoms with Crippen LogP contribution in [-0.2, 0) is 7.05 Å². The average molecular weight is 362 g/mol. The van der Waals surface area contributed by atoms with Gasteiger partial charge in [-0.3, -0.25) is 25.2 Å². The van der Waals surface area contributed by atoms with E-state index in [9.17, 15) is 10.1 Å². The van der Waals surface area contributed by atoms with Gasteiger partial charge in [0.05, 0.1) is 29.7 Å². The molecule has 3 aromatic heterocycles. The fourth-order valence-corrected chi connectivity index (χ4v) is 2.65. The van der Waals surface area contributed by atoms with Crippen molar-refractivity contribution in [3.63, 3.8) is 0 Å². The standard InChI is InChI=1S/C18H14N6O3/c1-23-11-13(18(22-23)16-6-7-17(27-16)24(25)26)9-20-21-14-8-12-4-2-3-5-15(12)19-10-14/h2-11,21H,1H3. The normalized spacial score (nSPS) is 11.3. The molecule has 27 heavy (non-hydrogen) atoms. The molecule has 4 aromatic rings. The minimum atomic E-state index is -0.589. The highest BCUT2D eigenvalue weighted by atomic mass is 16.6. The molecule has 0 aliphatic rings. The zero-order valence-corrected chi connectivity index (χ0v) is 14.2. The van der Waals surface area contributed by atoms with E-state index in [0.717, 1.165) is 16.6 Å². The first-order valence-corrected chi connectivity index (χ1v) is 8.02. The molecule has 4 rings (SSSR count). The number of hydrogen-bond donors (Lipinski definition) is 1. The number of para-hydroxylation sites is 1. The quantitative estimate of drug-likeness (QED) is 0.330. The van der Waals surface area contributed by atoms with Crippen LogP contribution in [0.3, 0.4) is 0 Å². The minimum absolute atomic E-state index is 0.302. The van der Waals surface area contributed by atoms with Crippen molar-refractivity contribution in [3.05, 3.63) is 70.5 Å². The summed E-state index contributed by atoms with van der Waals surface area (Å²) in [4.78, 5) is 14.6. The maximum absolute atomic E-state index is 10.8. The van der Waals surface area contributed by atoms with E-state index in [2.05, 4.69) is 20.6 Å². The molecule has 0 aliphatic heterocycles. The summed E-state index contributed by atoms with van der Waals surface area (Å²) >= 11 is 0. The van der Waals surface area contributed by atoms with Gasteiger partial charge in [0.15, 0.2) is 5.76 Å². The third kappa shape index (κ3) is 3.38. The summed E-state index contributed by atoms with van der Waals surface area (Å²) < 4.78 is 6.82. The molecule has 3 heterocycles. The number of hydrogen-bond acceptors (Lipinski definition) is 7. The summed E-state index contributed by atoms with van der Waals surface area (Å²) in [6, 6.07) is 12.5. The molecule has 0 bridgehead atoms. The fraction of sp³-hybridized carbons (Fsp3) is 0.0556. The van der Waals surface area contributed by atoms with Crippen LogP contribution in [0.5, 0.6) is 0 Å². The highest BCUT2D eigenvalue weighted by Gasteiger charge is 2.17. The Labute approximate surface area is 153 Å². The van der Waals surface area contributed by atoms with Gasteiger partial charge in [0.1, 0.15) is 10.6 Å². The van der Waals surface area contributed by atoms with Gasteiger partial charge in [-0.15, -0.1) is 0 Å². The predicted octanol–water partition coefficient (Wildman–Crippen LogP) is 3.58. The number of nitrogens with zero attached hydrogens (tertiary/aromatic N) is 5. The van der Waals surface area contributed by atoms with Crippen molar-refractivity contribution in [2.24, 2.45) is 12.1 Å². The van der Waals surface area contributed by atoms with Gasteiger partial charge in [-0.2, -0.15) is 10.2 Å². The molecule has 0 spiro atoms. The number of fused-ring (bicyclic) bond motifs is 1. The monoisotopic (exact) mass is 362 g/mol. The minimum Gasteiger partial charge on any atom is -0.399 e. The van der Waals surface area contributed by atoms with Crippen LogP contribution >= 0.6 is 0 Å². The number of hydrazone groups is 1. The van der Waals surface area contributed by atoms with Crippen molar-refractivity contribution in [2.75, 3.05) is 5.43 Å². The van der Waals surface area contributed by atoms with E-state index in [1.54, 1.807) is 30.3 Å². The lowest BCUT2D eigenvalue weighted by Crippen LogP contribution is -1.92. The van der Waals surface area contributed by atoms with Gasteiger partial charge in [0.25, 0.3) is 0 Å². The van der Waals surface area contributed by atoms with Gasteiger partial charge in [-0.05, 0) is 18.2 Å². The van der Waals surface area contributed by atoms with Crippen LogP contribution < -0.4 is 5.43 Å². The van der Waals surface area contributed by atoms with Gasteiger partial charge in [0.2, 0.25) is 0 Å². The van der Waals surface area contributed by atoms with E-state index in [4.69, 9.17) is 4.42 Å². The fourth-order valence-electron chi connectivity index (χ4n) is 2.65. The number of nitrogens with one attached hydrogen (secondary N) is 1. The Bertz CT molecular complexity index is 1160. The van der Waals surface area contributed by atoms with E-state index in [1.165, 1.54) is 12.1 Å². The van der Waals surface area contributed by atoms with Crippen molar-refractivity contribution in [1.29, 1.82) is 0 Å². The van der Waals surface area contributed by atoms with E-state index < -0.39 is 4.92 Å². The summed E-state index contributed by atoms with van der Waals surface area (Å²) in [5.41, 5.74) is 5.69. The first-order valence-electron chi connectivity index (χ1n) is 8.02. The predicted molar refractivity (Wildman–Crippen MR) is 101 cm³/mol. The van der Waals surface area contributed by atoms with Crippen LogP contribution in [-0.4, -0.2) is 25.9 Å². The molecule has 0 saturated carbocycles. The molecule has 0 saturated heterocycles. The Morgan fingerprint density at radius 3 is 2.96 bits per heavy atom. The summed E-state index contributed by atoms with van der Waals surface area (Å²) in [6.45, 7) is 0. The summed E-state index contributed by atoms with van der Waals surface area (Å²) in [5, 5.41) is 20.3. The third-order valence-corrected chi connectivity index (χ3v) is 3.85. The molecular formula is C18H14N6O3. The molecule has 0 amide bonds. The third-order valence-electron chi connectivity index (χ3n) is 3.85. The second-order valence-electron chi connectivity index (χ2n) is 5.79. The number of benzene rings is 1. The number of nitro groups is 1. The molecule has 0 unspecified atom stereocenters. The number of anilines is 1. The Morgan fingerprint density at radius 2 is 2.15 bits per heavy atom. The van der Waals surface area contributed by atoms with Gasteiger partial charge >= 0.3 is 5.88 Å². The first kappa shape index (κ1) is 16.5. The highest BCUT2D eigenvalue weighted by Crippen LogP contribution is 2.26. The molecule has 0 atom stereocenters. The smallest absolute Gasteiger partial charge is 0.399 e. The van der Waals surface area contributed by atoms with Crippen molar-refractivity contribution < 1.29 is 9.34 Å². The van der Waals surface area contributed by atoms with Crippen LogP contribution in [0.2, 0.25) is 0 Å². The summed E-state index contributed by atoms with van der Waals surface area (Å²) in [7, 11) is 1.75. The maximum atomic E-state index is 10.8. The SMILES string of the molecule is Cn1cc(C=NNc2cnc3ccccc3c2)c(-c2ccc([N+](=O)[O-])o2)n1. The Kier molecular flexibility index (Phi) is 4.09. The molecule has 0 radical (unpaired) electrons. The second kappa shape index (κ2) is 6.71. The van der Waals surface area contributed by atoms with E-state index in [1.807, 2.05) is 30.3 Å². The van der Waals surface area contributed by atoms with Crippen LogP contribution in [0.15, 0.2) is 64.4 Å². The molecule has 9 nitrogen and oxygen atoms in total. The molecule has 134 valence electrons. The van der Waals surface area contributed by atoms with Crippen LogP contribution in [0.1, 0.15) is 5.56 Å².